The summed E-state index contributed by atoms with van der Waals surface area (Å²) in [6, 6.07) is 20.5. The van der Waals surface area contributed by atoms with Crippen LogP contribution >= 0.6 is 7.64 Å². The van der Waals surface area contributed by atoms with Crippen molar-refractivity contribution in [1.29, 1.82) is 0 Å². The van der Waals surface area contributed by atoms with Gasteiger partial charge in [0.05, 0.1) is 0 Å². The third-order valence-corrected chi connectivity index (χ3v) is 8.01. The summed E-state index contributed by atoms with van der Waals surface area (Å²) >= 11 is 0. The third kappa shape index (κ3) is 4.41. The van der Waals surface area contributed by atoms with E-state index < -0.39 is 7.64 Å². The van der Waals surface area contributed by atoms with Gasteiger partial charge in [-0.1, -0.05) is 0 Å². The van der Waals surface area contributed by atoms with E-state index in [-0.39, 0.29) is 0 Å². The van der Waals surface area contributed by atoms with Crippen LogP contribution in [0.5, 0.6) is 0 Å². The Balaban J connectivity index is 2.46. The minimum absolute atomic E-state index is 0.961. The predicted octanol–water partition coefficient (Wildman–Crippen LogP) is 4.11. The summed E-state index contributed by atoms with van der Waals surface area (Å²) in [5.41, 5.74) is 0. The van der Waals surface area contributed by atoms with E-state index in [0.717, 1.165) is 49.4 Å². The average molecular weight is 331 g/mol. The third-order valence-electron chi connectivity index (χ3n) is 4.37. The molecule has 0 spiro atoms. The molecule has 0 fully saturated rings. The molecule has 2 rings (SSSR count). The molecule has 0 aliphatic rings. The topological polar surface area (TPSA) is 23.5 Å². The Morgan fingerprint density at radius 3 is 1.48 bits per heavy atom. The van der Waals surface area contributed by atoms with Gasteiger partial charge in [-0.25, -0.2) is 0 Å². The fourth-order valence-corrected chi connectivity index (χ4v) is 6.35. The van der Waals surface area contributed by atoms with Crippen molar-refractivity contribution in [1.82, 2.24) is 4.67 Å². The van der Waals surface area contributed by atoms with Crippen molar-refractivity contribution in [3.8, 4) is 0 Å². The number of hydrogen-bond acceptors (Lipinski definition) is 2. The van der Waals surface area contributed by atoms with Gasteiger partial charge >= 0.3 is 141 Å². The molecule has 126 valence electrons. The molecule has 0 unspecified atom stereocenters. The Kier molecular flexibility index (Phi) is 7.23. The van der Waals surface area contributed by atoms with Crippen molar-refractivity contribution in [2.24, 2.45) is 0 Å². The molecule has 23 heavy (non-hydrogen) atoms. The second-order valence-corrected chi connectivity index (χ2v) is 9.23. The maximum atomic E-state index is 11.9. The molecule has 0 radical (unpaired) electrons. The second kappa shape index (κ2) is 9.17. The summed E-state index contributed by atoms with van der Waals surface area (Å²) in [6.07, 6.45) is 4.55. The van der Waals surface area contributed by atoms with Crippen molar-refractivity contribution in [2.45, 2.75) is 39.5 Å². The van der Waals surface area contributed by atoms with Crippen molar-refractivity contribution >= 4 is 18.2 Å². The molecular formula is C20H30NOP. The number of benzene rings is 2. The van der Waals surface area contributed by atoms with Gasteiger partial charge in [-0.3, -0.25) is 0 Å². The fraction of sp³-hybridized carbons (Fsp3) is 0.400. The minimum atomic E-state index is -2.87. The molecule has 0 saturated carbocycles. The van der Waals surface area contributed by atoms with Crippen molar-refractivity contribution < 1.29 is 4.89 Å². The molecule has 2 aromatic carbocycles. The van der Waals surface area contributed by atoms with E-state index in [1.54, 1.807) is 0 Å². The normalized spacial score (nSPS) is 12.5. The van der Waals surface area contributed by atoms with E-state index >= 15 is 0 Å². The van der Waals surface area contributed by atoms with Crippen LogP contribution < -0.4 is 10.6 Å². The maximum absolute atomic E-state index is 11.9. The van der Waals surface area contributed by atoms with E-state index in [1.165, 1.54) is 0 Å². The van der Waals surface area contributed by atoms with Crippen LogP contribution in [0.1, 0.15) is 39.5 Å². The average Bonchev–Trinajstić information content (AvgIpc) is 2.62. The summed E-state index contributed by atoms with van der Waals surface area (Å²) in [5, 5.41) is 2.16. The second-order valence-electron chi connectivity index (χ2n) is 6.10. The molecule has 2 aromatic rings. The van der Waals surface area contributed by atoms with Gasteiger partial charge in [0, 0.05) is 0 Å². The van der Waals surface area contributed by atoms with Crippen LogP contribution in [0.25, 0.3) is 0 Å². The monoisotopic (exact) mass is 331 g/mol. The van der Waals surface area contributed by atoms with Gasteiger partial charge in [0.1, 0.15) is 0 Å². The molecule has 1 N–H and O–H groups in total. The van der Waals surface area contributed by atoms with Crippen LogP contribution in [0.2, 0.25) is 0 Å². The van der Waals surface area contributed by atoms with Gasteiger partial charge in [-0.2, -0.15) is 0 Å². The molecule has 0 aliphatic heterocycles. The Labute approximate surface area is 141 Å². The number of unbranched alkanes of at least 4 members (excludes halogenated alkanes) is 2. The molecule has 0 aromatic heterocycles. The van der Waals surface area contributed by atoms with Gasteiger partial charge in [-0.05, 0) is 0 Å². The van der Waals surface area contributed by atoms with Gasteiger partial charge < -0.3 is 0 Å². The van der Waals surface area contributed by atoms with Gasteiger partial charge in [0.15, 0.2) is 0 Å². The van der Waals surface area contributed by atoms with Crippen LogP contribution in [0, 0.1) is 0 Å². The van der Waals surface area contributed by atoms with E-state index in [4.69, 9.17) is 0 Å². The van der Waals surface area contributed by atoms with Crippen LogP contribution in [-0.4, -0.2) is 22.7 Å². The molecule has 2 nitrogen and oxygen atoms in total. The SMILES string of the molecule is CCCCN(CCCC)[PH](O)(c1ccccc1)c1ccccc1. The molecule has 3 heteroatoms. The Hall–Kier alpha value is -1.21. The van der Waals surface area contributed by atoms with Gasteiger partial charge in [-0.15, -0.1) is 0 Å². The van der Waals surface area contributed by atoms with Crippen LogP contribution in [0.3, 0.4) is 0 Å². The van der Waals surface area contributed by atoms with E-state index in [0.29, 0.717) is 0 Å². The Morgan fingerprint density at radius 1 is 0.739 bits per heavy atom. The summed E-state index contributed by atoms with van der Waals surface area (Å²) in [7, 11) is -2.87. The molecular weight excluding hydrogens is 301 g/mol. The van der Waals surface area contributed by atoms with Crippen LogP contribution in [0.4, 0.5) is 0 Å². The quantitative estimate of drug-likeness (QED) is 0.699. The summed E-state index contributed by atoms with van der Waals surface area (Å²) < 4.78 is 2.38. The zero-order chi connectivity index (χ0) is 16.5. The summed E-state index contributed by atoms with van der Waals surface area (Å²) in [4.78, 5) is 11.9. The predicted molar refractivity (Wildman–Crippen MR) is 104 cm³/mol. The molecule has 0 heterocycles. The van der Waals surface area contributed by atoms with Crippen molar-refractivity contribution in [3.05, 3.63) is 60.7 Å². The first-order valence-electron chi connectivity index (χ1n) is 8.82. The van der Waals surface area contributed by atoms with Crippen molar-refractivity contribution in [2.75, 3.05) is 13.1 Å². The Bertz CT molecular complexity index is 511. The van der Waals surface area contributed by atoms with E-state index in [2.05, 4.69) is 42.8 Å². The number of rotatable bonds is 9. The zero-order valence-electron chi connectivity index (χ0n) is 14.4. The first-order chi connectivity index (χ1) is 11.2. The van der Waals surface area contributed by atoms with E-state index in [1.807, 2.05) is 36.4 Å². The van der Waals surface area contributed by atoms with Crippen molar-refractivity contribution in [3.63, 3.8) is 0 Å². The standard InChI is InChI=1S/C20H30NOP/c1-3-5-17-21(18-6-4-2)23(22,19-13-9-7-10-14-19)20-15-11-8-12-16-20/h7-16,22-23H,3-6,17-18H2,1-2H3. The Morgan fingerprint density at radius 2 is 1.13 bits per heavy atom. The van der Waals surface area contributed by atoms with Crippen LogP contribution in [0.15, 0.2) is 60.7 Å². The first-order valence-corrected chi connectivity index (χ1v) is 10.7. The number of hydrogen-bond donors (Lipinski definition) is 1. The fourth-order valence-electron chi connectivity index (χ4n) is 3.01. The van der Waals surface area contributed by atoms with Gasteiger partial charge in [0.25, 0.3) is 0 Å². The van der Waals surface area contributed by atoms with E-state index in [9.17, 15) is 4.89 Å². The molecule has 0 amide bonds. The molecule has 0 atom stereocenters. The summed E-state index contributed by atoms with van der Waals surface area (Å²) in [6.45, 7) is 6.35. The zero-order valence-corrected chi connectivity index (χ0v) is 15.4. The molecule has 0 bridgehead atoms. The van der Waals surface area contributed by atoms with Crippen LogP contribution in [-0.2, 0) is 0 Å². The van der Waals surface area contributed by atoms with Gasteiger partial charge in [0.2, 0.25) is 0 Å². The molecule has 0 saturated heterocycles. The summed E-state index contributed by atoms with van der Waals surface area (Å²) in [5.74, 6) is 0. The first kappa shape index (κ1) is 18.1. The number of nitrogens with zero attached hydrogens (tertiary/aromatic N) is 1. The molecule has 0 aliphatic carbocycles.